The molecule has 0 bridgehead atoms. The summed E-state index contributed by atoms with van der Waals surface area (Å²) in [6, 6.07) is 9.37. The number of aromatic nitrogens is 1. The number of nitrogen functional groups attached to an aromatic ring is 1. The molecule has 1 aliphatic heterocycles. The Morgan fingerprint density at radius 1 is 1.07 bits per heavy atom. The van der Waals surface area contributed by atoms with Gasteiger partial charge in [-0.25, -0.2) is 4.98 Å². The van der Waals surface area contributed by atoms with E-state index in [2.05, 4.69) is 14.8 Å². The minimum atomic E-state index is -0.418. The van der Waals surface area contributed by atoms with Crippen LogP contribution in [-0.4, -0.2) is 43.4 Å². The summed E-state index contributed by atoms with van der Waals surface area (Å²) in [7, 11) is 0. The molecule has 4 N–H and O–H groups in total. The number of pyridine rings is 1. The predicted octanol–water partition coefficient (Wildman–Crippen LogP) is 2.51. The van der Waals surface area contributed by atoms with Crippen LogP contribution in [0.1, 0.15) is 26.5 Å². The van der Waals surface area contributed by atoms with Gasteiger partial charge < -0.3 is 21.3 Å². The number of hydrogen-bond donors (Lipinski definition) is 2. The van der Waals surface area contributed by atoms with Gasteiger partial charge in [0.05, 0.1) is 21.6 Å². The van der Waals surface area contributed by atoms with E-state index in [1.807, 2.05) is 18.2 Å². The number of amides is 1. The van der Waals surface area contributed by atoms with Gasteiger partial charge in [-0.1, -0.05) is 0 Å². The number of carbonyl (C=O) groups excluding carboxylic acids is 2. The van der Waals surface area contributed by atoms with Gasteiger partial charge >= 0.3 is 0 Å². The van der Waals surface area contributed by atoms with Crippen molar-refractivity contribution in [2.24, 2.45) is 5.73 Å². The van der Waals surface area contributed by atoms with Gasteiger partial charge in [0.2, 0.25) is 5.91 Å². The van der Waals surface area contributed by atoms with Crippen molar-refractivity contribution >= 4 is 50.8 Å². The molecular formula is C20H21N5O2S. The molecule has 1 aliphatic rings. The van der Waals surface area contributed by atoms with Crippen LogP contribution in [0.2, 0.25) is 0 Å². The largest absolute Gasteiger partial charge is 0.397 e. The Bertz CT molecular complexity index is 1030. The second-order valence-electron chi connectivity index (χ2n) is 6.75. The minimum absolute atomic E-state index is 0.418. The maximum atomic E-state index is 11.3. The Morgan fingerprint density at radius 3 is 2.50 bits per heavy atom. The Hall–Kier alpha value is -3.13. The van der Waals surface area contributed by atoms with E-state index in [9.17, 15) is 9.59 Å². The summed E-state index contributed by atoms with van der Waals surface area (Å²) < 4.78 is 0. The van der Waals surface area contributed by atoms with E-state index in [1.165, 1.54) is 11.3 Å². The number of rotatable bonds is 4. The highest BCUT2D eigenvalue weighted by atomic mass is 32.1. The van der Waals surface area contributed by atoms with Gasteiger partial charge in [-0.3, -0.25) is 9.59 Å². The van der Waals surface area contributed by atoms with Gasteiger partial charge in [0.1, 0.15) is 4.83 Å². The number of thiophene rings is 1. The van der Waals surface area contributed by atoms with Crippen LogP contribution in [0, 0.1) is 0 Å². The van der Waals surface area contributed by atoms with Crippen LogP contribution in [0.15, 0.2) is 36.5 Å². The van der Waals surface area contributed by atoms with E-state index in [1.54, 1.807) is 18.3 Å². The fraction of sp³-hybridized carbons (Fsp3) is 0.250. The number of nitrogens with zero attached hydrogens (tertiary/aromatic N) is 3. The second-order valence-corrected chi connectivity index (χ2v) is 7.78. The number of nitrogens with two attached hydrogens (primary N) is 2. The summed E-state index contributed by atoms with van der Waals surface area (Å²) in [6.07, 6.45) is 3.55. The van der Waals surface area contributed by atoms with Crippen LogP contribution < -0.4 is 21.3 Å². The fourth-order valence-electron chi connectivity index (χ4n) is 3.65. The molecule has 1 fully saturated rings. The summed E-state index contributed by atoms with van der Waals surface area (Å²) in [5, 5.41) is 0.869. The van der Waals surface area contributed by atoms with Gasteiger partial charge in [-0.05, 0) is 36.8 Å². The van der Waals surface area contributed by atoms with Crippen molar-refractivity contribution in [2.75, 3.05) is 41.7 Å². The van der Waals surface area contributed by atoms with Crippen molar-refractivity contribution in [3.05, 3.63) is 47.0 Å². The van der Waals surface area contributed by atoms with E-state index < -0.39 is 5.91 Å². The summed E-state index contributed by atoms with van der Waals surface area (Å²) in [6.45, 7) is 3.47. The molecule has 0 atom stereocenters. The van der Waals surface area contributed by atoms with Crippen molar-refractivity contribution in [1.82, 2.24) is 4.98 Å². The topological polar surface area (TPSA) is 106 Å². The van der Waals surface area contributed by atoms with E-state index in [4.69, 9.17) is 11.5 Å². The highest BCUT2D eigenvalue weighted by Crippen LogP contribution is 2.38. The molecule has 28 heavy (non-hydrogen) atoms. The zero-order valence-corrected chi connectivity index (χ0v) is 16.1. The first kappa shape index (κ1) is 18.2. The molecule has 0 aliphatic carbocycles. The van der Waals surface area contributed by atoms with Crippen molar-refractivity contribution in [3.8, 4) is 0 Å². The minimum Gasteiger partial charge on any atom is -0.397 e. The van der Waals surface area contributed by atoms with E-state index >= 15 is 0 Å². The Kier molecular flexibility index (Phi) is 4.87. The summed E-state index contributed by atoms with van der Waals surface area (Å²) >= 11 is 1.33. The predicted molar refractivity (Wildman–Crippen MR) is 113 cm³/mol. The highest BCUT2D eigenvalue weighted by Gasteiger charge is 2.21. The van der Waals surface area contributed by atoms with Crippen LogP contribution in [-0.2, 0) is 0 Å². The van der Waals surface area contributed by atoms with E-state index in [0.717, 1.165) is 60.5 Å². The van der Waals surface area contributed by atoms with Gasteiger partial charge in [-0.15, -0.1) is 11.3 Å². The zero-order chi connectivity index (χ0) is 19.7. The number of primary amides is 1. The third kappa shape index (κ3) is 3.27. The molecular weight excluding hydrogens is 374 g/mol. The first-order chi connectivity index (χ1) is 13.6. The molecule has 3 aromatic rings. The first-order valence-corrected chi connectivity index (χ1v) is 9.92. The molecule has 0 radical (unpaired) electrons. The van der Waals surface area contributed by atoms with Gasteiger partial charge in [0.15, 0.2) is 6.29 Å². The lowest BCUT2D eigenvalue weighted by Crippen LogP contribution is -2.30. The molecule has 3 heterocycles. The standard InChI is InChI=1S/C20H21N5O2S/c21-18-16(12-26)28-20-17(18)15(6-7-23-20)25-9-1-8-24(10-11-25)14-4-2-13(3-5-14)19(22)27/h2-7,12H,1,8-11,21H2,(H2,22,27). The van der Waals surface area contributed by atoms with E-state index in [-0.39, 0.29) is 0 Å². The summed E-state index contributed by atoms with van der Waals surface area (Å²) in [4.78, 5) is 32.8. The lowest BCUT2D eigenvalue weighted by molar-refractivity contribution is 0.1000. The number of carbonyl (C=O) groups is 2. The monoisotopic (exact) mass is 395 g/mol. The fourth-order valence-corrected chi connectivity index (χ4v) is 4.55. The van der Waals surface area contributed by atoms with Crippen LogP contribution >= 0.6 is 11.3 Å². The average molecular weight is 395 g/mol. The molecule has 0 spiro atoms. The zero-order valence-electron chi connectivity index (χ0n) is 15.3. The third-order valence-electron chi connectivity index (χ3n) is 5.10. The number of hydrogen-bond acceptors (Lipinski definition) is 7. The normalized spacial score (nSPS) is 14.9. The number of aldehydes is 1. The Balaban J connectivity index is 1.58. The number of benzene rings is 1. The average Bonchev–Trinajstić information content (AvgIpc) is 2.89. The molecule has 144 valence electrons. The first-order valence-electron chi connectivity index (χ1n) is 9.10. The van der Waals surface area contributed by atoms with Gasteiger partial charge in [0, 0.05) is 43.6 Å². The van der Waals surface area contributed by atoms with Crippen molar-refractivity contribution in [2.45, 2.75) is 6.42 Å². The maximum Gasteiger partial charge on any atom is 0.248 e. The molecule has 8 heteroatoms. The smallest absolute Gasteiger partial charge is 0.248 e. The van der Waals surface area contributed by atoms with Crippen molar-refractivity contribution in [3.63, 3.8) is 0 Å². The molecule has 0 saturated carbocycles. The Morgan fingerprint density at radius 2 is 1.79 bits per heavy atom. The van der Waals surface area contributed by atoms with E-state index in [0.29, 0.717) is 16.1 Å². The molecule has 4 rings (SSSR count). The highest BCUT2D eigenvalue weighted by molar-refractivity contribution is 7.21. The third-order valence-corrected chi connectivity index (χ3v) is 6.14. The van der Waals surface area contributed by atoms with Crippen molar-refractivity contribution < 1.29 is 9.59 Å². The molecule has 0 unspecified atom stereocenters. The quantitative estimate of drug-likeness (QED) is 0.658. The molecule has 1 aromatic carbocycles. The van der Waals surface area contributed by atoms with Gasteiger partial charge in [-0.2, -0.15) is 0 Å². The number of fused-ring (bicyclic) bond motifs is 1. The van der Waals surface area contributed by atoms with Crippen molar-refractivity contribution in [1.29, 1.82) is 0 Å². The van der Waals surface area contributed by atoms with Crippen LogP contribution in [0.3, 0.4) is 0 Å². The molecule has 7 nitrogen and oxygen atoms in total. The molecule has 1 amide bonds. The summed E-state index contributed by atoms with van der Waals surface area (Å²) in [5.74, 6) is -0.418. The van der Waals surface area contributed by atoms with Crippen LogP contribution in [0.25, 0.3) is 10.2 Å². The molecule has 1 saturated heterocycles. The maximum absolute atomic E-state index is 11.3. The SMILES string of the molecule is NC(=O)c1ccc(N2CCCN(c3ccnc4sc(C=O)c(N)c34)CC2)cc1. The van der Waals surface area contributed by atoms with Crippen LogP contribution in [0.4, 0.5) is 17.1 Å². The second kappa shape index (κ2) is 7.47. The van der Waals surface area contributed by atoms with Gasteiger partial charge in [0.25, 0.3) is 0 Å². The summed E-state index contributed by atoms with van der Waals surface area (Å²) in [5.41, 5.74) is 14.7. The Labute approximate surface area is 166 Å². The molecule has 2 aromatic heterocycles. The lowest BCUT2D eigenvalue weighted by atomic mass is 10.2. The van der Waals surface area contributed by atoms with Crippen LogP contribution in [0.5, 0.6) is 0 Å². The lowest BCUT2D eigenvalue weighted by Gasteiger charge is -2.25. The number of anilines is 3.